The third-order valence-corrected chi connectivity index (χ3v) is 4.97. The van der Waals surface area contributed by atoms with Crippen molar-refractivity contribution < 1.29 is 38.9 Å². The minimum absolute atomic E-state index is 0.198. The van der Waals surface area contributed by atoms with Crippen LogP contribution in [0.4, 0.5) is 5.69 Å². The van der Waals surface area contributed by atoms with E-state index in [0.29, 0.717) is 29.7 Å². The lowest BCUT2D eigenvalue weighted by molar-refractivity contribution is -0.155. The van der Waals surface area contributed by atoms with Gasteiger partial charge in [0, 0.05) is 23.2 Å². The zero-order valence-corrected chi connectivity index (χ0v) is 18.9. The van der Waals surface area contributed by atoms with Crippen LogP contribution in [-0.4, -0.2) is 65.3 Å². The third kappa shape index (κ3) is 8.50. The highest BCUT2D eigenvalue weighted by Gasteiger charge is 2.28. The molecule has 1 rings (SSSR count). The summed E-state index contributed by atoms with van der Waals surface area (Å²) in [5.41, 5.74) is 0.290. The fraction of sp³-hybridized carbons (Fsp3) is 0.478. The lowest BCUT2D eigenvalue weighted by Crippen LogP contribution is -2.34. The molecule has 0 fully saturated rings. The van der Waals surface area contributed by atoms with Gasteiger partial charge >= 0.3 is 17.9 Å². The Morgan fingerprint density at radius 2 is 1.62 bits per heavy atom. The number of ketones is 1. The second-order valence-electron chi connectivity index (χ2n) is 7.79. The van der Waals surface area contributed by atoms with Gasteiger partial charge < -0.3 is 24.6 Å². The average Bonchev–Trinajstić information content (AvgIpc) is 2.72. The van der Waals surface area contributed by atoms with Crippen molar-refractivity contribution in [2.75, 3.05) is 24.6 Å². The first kappa shape index (κ1) is 26.8. The molecule has 0 saturated carbocycles. The minimum atomic E-state index is -1.17. The Morgan fingerprint density at radius 3 is 2.06 bits per heavy atom. The van der Waals surface area contributed by atoms with E-state index < -0.39 is 42.7 Å². The molecule has 0 amide bonds. The SMILES string of the molecule is C=C(C)C(=O)OC(C)(CC)CCOC(C)C(=O)c1ccc(N(CC(=O)O)CC(=O)O)cc1. The van der Waals surface area contributed by atoms with Crippen LogP contribution in [0.3, 0.4) is 0 Å². The van der Waals surface area contributed by atoms with E-state index in [1.807, 2.05) is 6.92 Å². The Balaban J connectivity index is 2.73. The summed E-state index contributed by atoms with van der Waals surface area (Å²) >= 11 is 0. The topological polar surface area (TPSA) is 130 Å². The van der Waals surface area contributed by atoms with E-state index in [0.717, 1.165) is 0 Å². The van der Waals surface area contributed by atoms with Crippen molar-refractivity contribution in [2.45, 2.75) is 52.2 Å². The molecule has 0 saturated heterocycles. The maximum absolute atomic E-state index is 12.6. The number of hydrogen-bond acceptors (Lipinski definition) is 7. The number of Topliss-reactive ketones (excluding diaryl/α,β-unsaturated/α-hetero) is 1. The molecule has 0 radical (unpaired) electrons. The van der Waals surface area contributed by atoms with Crippen LogP contribution in [0, 0.1) is 0 Å². The first-order valence-corrected chi connectivity index (χ1v) is 10.2. The van der Waals surface area contributed by atoms with Crippen LogP contribution in [0.25, 0.3) is 0 Å². The van der Waals surface area contributed by atoms with Crippen molar-refractivity contribution in [3.8, 4) is 0 Å². The molecular formula is C23H31NO8. The number of ether oxygens (including phenoxy) is 2. The van der Waals surface area contributed by atoms with Crippen molar-refractivity contribution in [3.63, 3.8) is 0 Å². The molecule has 0 bridgehead atoms. The van der Waals surface area contributed by atoms with Crippen LogP contribution in [-0.2, 0) is 23.9 Å². The predicted octanol–water partition coefficient (Wildman–Crippen LogP) is 2.93. The van der Waals surface area contributed by atoms with Crippen LogP contribution in [0.5, 0.6) is 0 Å². The zero-order valence-electron chi connectivity index (χ0n) is 18.9. The molecule has 0 aromatic heterocycles. The Hall–Kier alpha value is -3.20. The molecule has 2 N–H and O–H groups in total. The highest BCUT2D eigenvalue weighted by Crippen LogP contribution is 2.22. The lowest BCUT2D eigenvalue weighted by atomic mass is 9.99. The second-order valence-corrected chi connectivity index (χ2v) is 7.79. The monoisotopic (exact) mass is 449 g/mol. The number of carboxylic acid groups (broad SMARTS) is 2. The smallest absolute Gasteiger partial charge is 0.333 e. The van der Waals surface area contributed by atoms with Gasteiger partial charge in [-0.3, -0.25) is 14.4 Å². The summed E-state index contributed by atoms with van der Waals surface area (Å²) in [5.74, 6) is -3.09. The van der Waals surface area contributed by atoms with E-state index >= 15 is 0 Å². The molecule has 32 heavy (non-hydrogen) atoms. The molecule has 1 aromatic carbocycles. The van der Waals surface area contributed by atoms with Gasteiger partial charge in [-0.1, -0.05) is 13.5 Å². The highest BCUT2D eigenvalue weighted by atomic mass is 16.6. The number of hydrogen-bond donors (Lipinski definition) is 2. The molecular weight excluding hydrogens is 418 g/mol. The summed E-state index contributed by atoms with van der Waals surface area (Å²) in [5, 5.41) is 17.9. The number of carbonyl (C=O) groups is 4. The van der Waals surface area contributed by atoms with E-state index in [4.69, 9.17) is 19.7 Å². The number of rotatable bonds is 14. The molecule has 0 aliphatic carbocycles. The van der Waals surface area contributed by atoms with Crippen LogP contribution in [0.1, 0.15) is 50.9 Å². The van der Waals surface area contributed by atoms with Crippen LogP contribution in [0.2, 0.25) is 0 Å². The maximum atomic E-state index is 12.6. The van der Waals surface area contributed by atoms with Crippen LogP contribution < -0.4 is 4.90 Å². The van der Waals surface area contributed by atoms with Gasteiger partial charge in [0.2, 0.25) is 0 Å². The number of esters is 1. The minimum Gasteiger partial charge on any atom is -0.480 e. The van der Waals surface area contributed by atoms with Crippen molar-refractivity contribution in [1.29, 1.82) is 0 Å². The first-order valence-electron chi connectivity index (χ1n) is 10.2. The van der Waals surface area contributed by atoms with Crippen LogP contribution in [0.15, 0.2) is 36.4 Å². The molecule has 0 aliphatic rings. The average molecular weight is 450 g/mol. The highest BCUT2D eigenvalue weighted by molar-refractivity contribution is 5.99. The summed E-state index contributed by atoms with van der Waals surface area (Å²) in [6, 6.07) is 5.99. The van der Waals surface area contributed by atoms with Crippen molar-refractivity contribution in [3.05, 3.63) is 42.0 Å². The predicted molar refractivity (Wildman–Crippen MR) is 118 cm³/mol. The van der Waals surface area contributed by atoms with Crippen molar-refractivity contribution >= 4 is 29.4 Å². The van der Waals surface area contributed by atoms with Gasteiger partial charge in [0.25, 0.3) is 0 Å². The number of aliphatic carboxylic acids is 2. The number of nitrogens with zero attached hydrogens (tertiary/aromatic N) is 1. The Bertz CT molecular complexity index is 832. The molecule has 2 atom stereocenters. The number of anilines is 1. The second kappa shape index (κ2) is 12.0. The van der Waals surface area contributed by atoms with E-state index in [1.54, 1.807) is 20.8 Å². The zero-order chi connectivity index (χ0) is 24.5. The summed E-state index contributed by atoms with van der Waals surface area (Å²) in [6.45, 7) is 9.68. The van der Waals surface area contributed by atoms with Gasteiger partial charge in [-0.2, -0.15) is 0 Å². The van der Waals surface area contributed by atoms with E-state index in [1.165, 1.54) is 29.2 Å². The van der Waals surface area contributed by atoms with Gasteiger partial charge in [0.15, 0.2) is 5.78 Å². The van der Waals surface area contributed by atoms with Gasteiger partial charge in [-0.15, -0.1) is 0 Å². The maximum Gasteiger partial charge on any atom is 0.333 e. The molecule has 176 valence electrons. The summed E-state index contributed by atoms with van der Waals surface area (Å²) < 4.78 is 11.1. The quantitative estimate of drug-likeness (QED) is 0.250. The van der Waals surface area contributed by atoms with Gasteiger partial charge in [-0.05, 0) is 51.5 Å². The number of benzene rings is 1. The molecule has 0 heterocycles. The molecule has 1 aromatic rings. The molecule has 2 unspecified atom stereocenters. The van der Waals surface area contributed by atoms with Gasteiger partial charge in [0.1, 0.15) is 24.8 Å². The Morgan fingerprint density at radius 1 is 1.09 bits per heavy atom. The van der Waals surface area contributed by atoms with Crippen LogP contribution >= 0.6 is 0 Å². The summed E-state index contributed by atoms with van der Waals surface area (Å²) in [6.07, 6.45) is 0.216. The fourth-order valence-electron chi connectivity index (χ4n) is 2.77. The number of carbonyl (C=O) groups excluding carboxylic acids is 2. The van der Waals surface area contributed by atoms with Gasteiger partial charge in [-0.25, -0.2) is 4.79 Å². The fourth-order valence-corrected chi connectivity index (χ4v) is 2.77. The van der Waals surface area contributed by atoms with E-state index in [9.17, 15) is 19.2 Å². The van der Waals surface area contributed by atoms with Gasteiger partial charge in [0.05, 0.1) is 6.61 Å². The van der Waals surface area contributed by atoms with E-state index in [-0.39, 0.29) is 12.4 Å². The lowest BCUT2D eigenvalue weighted by Gasteiger charge is -2.29. The standard InChI is InChI=1S/C23H31NO8/c1-6-23(5,32-22(30)15(2)3)11-12-31-16(4)21(29)17-7-9-18(10-8-17)24(13-19(25)26)14-20(27)28/h7-10,16H,2,6,11-14H2,1,3-5H3,(H,25,26)(H,27,28). The first-order chi connectivity index (χ1) is 14.9. The normalized spacial score (nSPS) is 13.5. The summed E-state index contributed by atoms with van der Waals surface area (Å²) in [4.78, 5) is 47.6. The largest absolute Gasteiger partial charge is 0.480 e. The number of carboxylic acids is 2. The molecule has 9 heteroatoms. The Labute approximate surface area is 187 Å². The van der Waals surface area contributed by atoms with Crippen molar-refractivity contribution in [2.24, 2.45) is 0 Å². The summed E-state index contributed by atoms with van der Waals surface area (Å²) in [7, 11) is 0. The molecule has 0 spiro atoms. The third-order valence-electron chi connectivity index (χ3n) is 4.97. The molecule has 0 aliphatic heterocycles. The Kier molecular flexibility index (Phi) is 10.1. The van der Waals surface area contributed by atoms with Crippen molar-refractivity contribution in [1.82, 2.24) is 0 Å². The van der Waals surface area contributed by atoms with E-state index in [2.05, 4.69) is 6.58 Å². The molecule has 9 nitrogen and oxygen atoms in total.